The van der Waals surface area contributed by atoms with E-state index in [9.17, 15) is 27.6 Å². The molecule has 1 amide bonds. The molecular formula is C11H12F3N3O4S. The fourth-order valence-corrected chi connectivity index (χ4v) is 2.29. The number of ether oxygens (including phenoxy) is 1. The van der Waals surface area contributed by atoms with E-state index in [0.29, 0.717) is 11.8 Å². The number of thioether (sulfide) groups is 1. The number of H-pyrrole nitrogens is 1. The lowest BCUT2D eigenvalue weighted by Crippen LogP contribution is -2.34. The lowest BCUT2D eigenvalue weighted by atomic mass is 10.2. The highest BCUT2D eigenvalue weighted by atomic mass is 32.2. The first-order chi connectivity index (χ1) is 10.1. The van der Waals surface area contributed by atoms with E-state index in [1.807, 2.05) is 0 Å². The van der Waals surface area contributed by atoms with Gasteiger partial charge in [-0.3, -0.25) is 4.79 Å². The standard InChI is InChI=1S/C11H12F3N3O4S/c1-5-7(9(19)21-2)8(17-10(20)16-5)22-3-6(18)15-4-11(12,13)14/h3-4H2,1-2H3,(H,15,18)(H,16,17,20). The number of aryl methyl sites for hydroxylation is 1. The first-order valence-corrected chi connectivity index (χ1v) is 6.78. The molecule has 22 heavy (non-hydrogen) atoms. The number of hydrogen-bond acceptors (Lipinski definition) is 6. The second-order valence-electron chi connectivity index (χ2n) is 4.02. The molecule has 0 atom stereocenters. The van der Waals surface area contributed by atoms with Gasteiger partial charge in [0.25, 0.3) is 0 Å². The van der Waals surface area contributed by atoms with Gasteiger partial charge in [-0.1, -0.05) is 11.8 Å². The van der Waals surface area contributed by atoms with E-state index in [1.165, 1.54) is 6.92 Å². The number of esters is 1. The molecule has 0 saturated carbocycles. The van der Waals surface area contributed by atoms with Crippen molar-refractivity contribution in [1.29, 1.82) is 0 Å². The molecule has 0 aliphatic rings. The first kappa shape index (κ1) is 18.0. The van der Waals surface area contributed by atoms with Crippen molar-refractivity contribution >= 4 is 23.6 Å². The van der Waals surface area contributed by atoms with Crippen LogP contribution in [0.15, 0.2) is 9.82 Å². The molecule has 1 aromatic heterocycles. The molecule has 0 bridgehead atoms. The average molecular weight is 339 g/mol. The van der Waals surface area contributed by atoms with Crippen LogP contribution < -0.4 is 11.0 Å². The highest BCUT2D eigenvalue weighted by Gasteiger charge is 2.28. The predicted octanol–water partition coefficient (Wildman–Crippen LogP) is 0.636. The van der Waals surface area contributed by atoms with Gasteiger partial charge in [0, 0.05) is 5.69 Å². The number of nitrogens with zero attached hydrogens (tertiary/aromatic N) is 1. The summed E-state index contributed by atoms with van der Waals surface area (Å²) in [5, 5.41) is 1.58. The summed E-state index contributed by atoms with van der Waals surface area (Å²) in [6.45, 7) is -0.0266. The Kier molecular flexibility index (Phi) is 5.97. The number of carbonyl (C=O) groups excluding carboxylic acids is 2. The third-order valence-electron chi connectivity index (χ3n) is 2.30. The van der Waals surface area contributed by atoms with Crippen LogP contribution in [-0.2, 0) is 9.53 Å². The highest BCUT2D eigenvalue weighted by Crippen LogP contribution is 2.21. The molecule has 1 rings (SSSR count). The number of carbonyl (C=O) groups is 2. The maximum absolute atomic E-state index is 12.0. The van der Waals surface area contributed by atoms with Crippen molar-refractivity contribution in [2.24, 2.45) is 0 Å². The van der Waals surface area contributed by atoms with Crippen molar-refractivity contribution in [3.05, 3.63) is 21.7 Å². The van der Waals surface area contributed by atoms with Crippen molar-refractivity contribution in [2.75, 3.05) is 19.4 Å². The van der Waals surface area contributed by atoms with E-state index in [1.54, 1.807) is 5.32 Å². The second-order valence-corrected chi connectivity index (χ2v) is 4.98. The lowest BCUT2D eigenvalue weighted by molar-refractivity contribution is -0.136. The van der Waals surface area contributed by atoms with Gasteiger partial charge in [-0.15, -0.1) is 0 Å². The van der Waals surface area contributed by atoms with Crippen LogP contribution in [0, 0.1) is 6.92 Å². The molecular weight excluding hydrogens is 327 g/mol. The normalized spacial score (nSPS) is 11.1. The molecule has 0 aliphatic heterocycles. The Morgan fingerprint density at radius 3 is 2.59 bits per heavy atom. The Morgan fingerprint density at radius 2 is 2.05 bits per heavy atom. The number of methoxy groups -OCH3 is 1. The van der Waals surface area contributed by atoms with Crippen LogP contribution >= 0.6 is 11.8 Å². The molecule has 0 aliphatic carbocycles. The Labute approximate surface area is 126 Å². The summed E-state index contributed by atoms with van der Waals surface area (Å²) in [6.07, 6.45) is -4.52. The number of hydrogen-bond donors (Lipinski definition) is 2. The summed E-state index contributed by atoms with van der Waals surface area (Å²) in [5.41, 5.74) is -0.607. The number of halogens is 3. The Hall–Kier alpha value is -2.04. The fraction of sp³-hybridized carbons (Fsp3) is 0.455. The maximum Gasteiger partial charge on any atom is 0.405 e. The van der Waals surface area contributed by atoms with Gasteiger partial charge in [-0.25, -0.2) is 9.59 Å². The van der Waals surface area contributed by atoms with Gasteiger partial charge >= 0.3 is 17.8 Å². The van der Waals surface area contributed by atoms with Crippen molar-refractivity contribution in [2.45, 2.75) is 18.1 Å². The largest absolute Gasteiger partial charge is 0.465 e. The number of aromatic amines is 1. The van der Waals surface area contributed by atoms with Gasteiger partial charge in [0.1, 0.15) is 17.1 Å². The minimum Gasteiger partial charge on any atom is -0.465 e. The molecule has 0 radical (unpaired) electrons. The van der Waals surface area contributed by atoms with Crippen molar-refractivity contribution in [3.63, 3.8) is 0 Å². The second kappa shape index (κ2) is 7.29. The molecule has 0 spiro atoms. The molecule has 2 N–H and O–H groups in total. The summed E-state index contributed by atoms with van der Waals surface area (Å²) in [4.78, 5) is 40.1. The van der Waals surface area contributed by atoms with Crippen molar-refractivity contribution < 1.29 is 27.5 Å². The topological polar surface area (TPSA) is 101 Å². The van der Waals surface area contributed by atoms with Gasteiger partial charge in [-0.05, 0) is 6.92 Å². The number of aromatic nitrogens is 2. The molecule has 122 valence electrons. The number of rotatable bonds is 5. The Bertz CT molecular complexity index is 630. The number of alkyl halides is 3. The van der Waals surface area contributed by atoms with Crippen LogP contribution in [0.3, 0.4) is 0 Å². The molecule has 11 heteroatoms. The first-order valence-electron chi connectivity index (χ1n) is 5.79. The van der Waals surface area contributed by atoms with E-state index >= 15 is 0 Å². The molecule has 0 aromatic carbocycles. The minimum atomic E-state index is -4.52. The quantitative estimate of drug-likeness (QED) is 0.464. The minimum absolute atomic E-state index is 0.0456. The average Bonchev–Trinajstić information content (AvgIpc) is 2.40. The van der Waals surface area contributed by atoms with Crippen molar-refractivity contribution in [1.82, 2.24) is 15.3 Å². The smallest absolute Gasteiger partial charge is 0.405 e. The van der Waals surface area contributed by atoms with Crippen LogP contribution in [0.4, 0.5) is 13.2 Å². The van der Waals surface area contributed by atoms with E-state index in [0.717, 1.165) is 7.11 Å². The fourth-order valence-electron chi connectivity index (χ4n) is 1.39. The van der Waals surface area contributed by atoms with Crippen molar-refractivity contribution in [3.8, 4) is 0 Å². The van der Waals surface area contributed by atoms with Crippen LogP contribution in [-0.4, -0.2) is 47.4 Å². The zero-order valence-corrected chi connectivity index (χ0v) is 12.4. The number of nitrogens with one attached hydrogen (secondary N) is 2. The summed E-state index contributed by atoms with van der Waals surface area (Å²) in [6, 6.07) is 0. The van der Waals surface area contributed by atoms with Crippen LogP contribution in [0.5, 0.6) is 0 Å². The van der Waals surface area contributed by atoms with Crippen LogP contribution in [0.1, 0.15) is 16.1 Å². The Morgan fingerprint density at radius 1 is 1.41 bits per heavy atom. The van der Waals surface area contributed by atoms with E-state index in [-0.39, 0.29) is 16.3 Å². The molecule has 0 saturated heterocycles. The van der Waals surface area contributed by atoms with Gasteiger partial charge in [0.05, 0.1) is 12.9 Å². The zero-order chi connectivity index (χ0) is 16.9. The third kappa shape index (κ3) is 5.39. The third-order valence-corrected chi connectivity index (χ3v) is 3.28. The van der Waals surface area contributed by atoms with Crippen LogP contribution in [0.2, 0.25) is 0 Å². The number of amides is 1. The van der Waals surface area contributed by atoms with Gasteiger partial charge < -0.3 is 15.0 Å². The summed E-state index contributed by atoms with van der Waals surface area (Å²) in [5.74, 6) is -2.12. The summed E-state index contributed by atoms with van der Waals surface area (Å²) in [7, 11) is 1.12. The summed E-state index contributed by atoms with van der Waals surface area (Å²) < 4.78 is 40.4. The van der Waals surface area contributed by atoms with Crippen LogP contribution in [0.25, 0.3) is 0 Å². The predicted molar refractivity (Wildman–Crippen MR) is 70.7 cm³/mol. The van der Waals surface area contributed by atoms with Gasteiger partial charge in [0.15, 0.2) is 0 Å². The zero-order valence-electron chi connectivity index (χ0n) is 11.5. The SMILES string of the molecule is COC(=O)c1c(SCC(=O)NCC(F)(F)F)nc(=O)[nH]c1C. The monoisotopic (exact) mass is 339 g/mol. The van der Waals surface area contributed by atoms with E-state index in [2.05, 4.69) is 14.7 Å². The molecule has 0 fully saturated rings. The Balaban J connectivity index is 2.83. The molecule has 1 aromatic rings. The van der Waals surface area contributed by atoms with E-state index in [4.69, 9.17) is 0 Å². The van der Waals surface area contributed by atoms with E-state index < -0.39 is 36.0 Å². The van der Waals surface area contributed by atoms with Gasteiger partial charge in [-0.2, -0.15) is 18.2 Å². The molecule has 7 nitrogen and oxygen atoms in total. The highest BCUT2D eigenvalue weighted by molar-refractivity contribution is 8.00. The lowest BCUT2D eigenvalue weighted by Gasteiger charge is -2.10. The van der Waals surface area contributed by atoms with Gasteiger partial charge in [0.2, 0.25) is 5.91 Å². The molecule has 0 unspecified atom stereocenters. The molecule has 1 heterocycles. The summed E-state index contributed by atoms with van der Waals surface area (Å²) >= 11 is 0.666. The maximum atomic E-state index is 12.0.